The van der Waals surface area contributed by atoms with Crippen molar-refractivity contribution >= 4 is 0 Å². The van der Waals surface area contributed by atoms with Crippen LogP contribution in [0.2, 0.25) is 0 Å². The maximum Gasteiger partial charge on any atom is 0.123 e. The van der Waals surface area contributed by atoms with E-state index in [1.165, 1.54) is 55.2 Å². The van der Waals surface area contributed by atoms with Crippen LogP contribution in [0.3, 0.4) is 0 Å². The van der Waals surface area contributed by atoms with Gasteiger partial charge in [0.05, 0.1) is 26.4 Å². The van der Waals surface area contributed by atoms with Gasteiger partial charge in [-0.25, -0.2) is 0 Å². The molecule has 0 spiro atoms. The minimum absolute atomic E-state index is 0.0318. The second kappa shape index (κ2) is 15.6. The van der Waals surface area contributed by atoms with Gasteiger partial charge < -0.3 is 19.7 Å². The Kier molecular flexibility index (Phi) is 12.2. The van der Waals surface area contributed by atoms with Gasteiger partial charge in [-0.1, -0.05) is 43.5 Å². The summed E-state index contributed by atoms with van der Waals surface area (Å²) >= 11 is 0. The summed E-state index contributed by atoms with van der Waals surface area (Å²) in [5.41, 5.74) is 6.42. The van der Waals surface area contributed by atoms with E-state index in [1.54, 1.807) is 0 Å². The number of ether oxygens (including phenoxy) is 2. The summed E-state index contributed by atoms with van der Waals surface area (Å²) in [4.78, 5) is 0. The van der Waals surface area contributed by atoms with E-state index in [4.69, 9.17) is 9.47 Å². The highest BCUT2D eigenvalue weighted by Crippen LogP contribution is 2.39. The molecule has 0 heterocycles. The Morgan fingerprint density at radius 1 is 0.895 bits per heavy atom. The normalized spacial score (nSPS) is 17.5. The molecule has 1 fully saturated rings. The third-order valence-corrected chi connectivity index (χ3v) is 7.63. The molecule has 0 bridgehead atoms. The van der Waals surface area contributed by atoms with Gasteiger partial charge >= 0.3 is 0 Å². The van der Waals surface area contributed by atoms with Gasteiger partial charge in [0.1, 0.15) is 11.5 Å². The minimum Gasteiger partial charge on any atom is -0.493 e. The lowest BCUT2D eigenvalue weighted by Crippen LogP contribution is -2.13. The Balaban J connectivity index is 1.73. The second-order valence-corrected chi connectivity index (χ2v) is 10.6. The fourth-order valence-electron chi connectivity index (χ4n) is 5.23. The fraction of sp³-hybridized carbons (Fsp3) is 0.471. The zero-order valence-corrected chi connectivity index (χ0v) is 23.4. The average molecular weight is 519 g/mol. The van der Waals surface area contributed by atoms with Crippen molar-refractivity contribution in [2.75, 3.05) is 26.4 Å². The Labute approximate surface area is 229 Å². The lowest BCUT2D eigenvalue weighted by molar-refractivity contribution is 0.285. The first kappa shape index (κ1) is 29.7. The molecule has 1 aliphatic rings. The molecule has 4 nitrogen and oxygen atoms in total. The summed E-state index contributed by atoms with van der Waals surface area (Å²) in [5, 5.41) is 18.5. The smallest absolute Gasteiger partial charge is 0.123 e. The van der Waals surface area contributed by atoms with Gasteiger partial charge in [0.25, 0.3) is 0 Å². The number of aryl methyl sites for hydroxylation is 1. The van der Waals surface area contributed by atoms with E-state index in [-0.39, 0.29) is 13.2 Å². The van der Waals surface area contributed by atoms with E-state index in [0.29, 0.717) is 32.0 Å². The fourth-order valence-corrected chi connectivity index (χ4v) is 5.23. The topological polar surface area (TPSA) is 58.9 Å². The van der Waals surface area contributed by atoms with Crippen LogP contribution in [-0.4, -0.2) is 36.6 Å². The molecule has 0 saturated heterocycles. The first-order chi connectivity index (χ1) is 18.4. The molecule has 1 saturated carbocycles. The molecular weight excluding hydrogens is 472 g/mol. The van der Waals surface area contributed by atoms with Crippen LogP contribution in [0, 0.1) is 12.8 Å². The number of rotatable bonds is 15. The van der Waals surface area contributed by atoms with E-state index in [1.807, 2.05) is 6.07 Å². The number of aliphatic hydroxyl groups excluding tert-OH is 2. The van der Waals surface area contributed by atoms with Crippen molar-refractivity contribution in [2.45, 2.75) is 71.1 Å². The summed E-state index contributed by atoms with van der Waals surface area (Å²) < 4.78 is 12.0. The number of hydrogen-bond donors (Lipinski definition) is 2. The van der Waals surface area contributed by atoms with Gasteiger partial charge in [-0.15, -0.1) is 0 Å². The number of allylic oxidation sites excluding steroid dienone is 2. The third kappa shape index (κ3) is 9.18. The highest BCUT2D eigenvalue weighted by molar-refractivity contribution is 5.71. The summed E-state index contributed by atoms with van der Waals surface area (Å²) in [7, 11) is 0. The maximum absolute atomic E-state index is 9.23. The van der Waals surface area contributed by atoms with E-state index in [2.05, 4.69) is 69.5 Å². The molecule has 0 unspecified atom stereocenters. The van der Waals surface area contributed by atoms with Crippen LogP contribution in [0.1, 0.15) is 75.3 Å². The summed E-state index contributed by atoms with van der Waals surface area (Å²) in [6, 6.07) is 12.9. The molecule has 0 amide bonds. The summed E-state index contributed by atoms with van der Waals surface area (Å²) in [6.07, 6.45) is 13.4. The Morgan fingerprint density at radius 3 is 2.03 bits per heavy atom. The largest absolute Gasteiger partial charge is 0.493 e. The van der Waals surface area contributed by atoms with Gasteiger partial charge in [0.2, 0.25) is 0 Å². The first-order valence-electron chi connectivity index (χ1n) is 14.1. The predicted molar refractivity (Wildman–Crippen MR) is 158 cm³/mol. The lowest BCUT2D eigenvalue weighted by Gasteiger charge is -2.29. The summed E-state index contributed by atoms with van der Waals surface area (Å²) in [6.45, 7) is 12.8. The van der Waals surface area contributed by atoms with Crippen LogP contribution in [0.15, 0.2) is 72.9 Å². The van der Waals surface area contributed by atoms with E-state index >= 15 is 0 Å². The van der Waals surface area contributed by atoms with Crippen molar-refractivity contribution in [3.63, 3.8) is 0 Å². The molecule has 206 valence electrons. The minimum atomic E-state index is -0.0318. The number of aliphatic hydroxyl groups is 2. The molecule has 38 heavy (non-hydrogen) atoms. The monoisotopic (exact) mass is 518 g/mol. The molecule has 4 heteroatoms. The molecule has 3 rings (SSSR count). The van der Waals surface area contributed by atoms with Crippen molar-refractivity contribution in [1.82, 2.24) is 0 Å². The Bertz CT molecular complexity index is 1040. The Hall–Kier alpha value is -2.82. The van der Waals surface area contributed by atoms with Crippen LogP contribution in [0.4, 0.5) is 0 Å². The molecule has 0 aliphatic heterocycles. The standard InChI is InChI=1S/C34H46O4/c1-5-6-7-8-28-9-11-29(12-10-28)30-13-14-34(27(4)19-30)31-20-32(37-17-15-25(2)23-35)22-33(21-31)38-18-16-26(3)24-36/h5-6,13-14,19-22,28-29,35-36H,2-3,7-12,15-18,23-24H2,1,4H3/b6-5+. The van der Waals surface area contributed by atoms with E-state index < -0.39 is 0 Å². The average Bonchev–Trinajstić information content (AvgIpc) is 2.93. The highest BCUT2D eigenvalue weighted by Gasteiger charge is 2.22. The van der Waals surface area contributed by atoms with Gasteiger partial charge in [0, 0.05) is 18.9 Å². The molecule has 0 radical (unpaired) electrons. The van der Waals surface area contributed by atoms with Crippen molar-refractivity contribution in [2.24, 2.45) is 5.92 Å². The third-order valence-electron chi connectivity index (χ3n) is 7.63. The van der Waals surface area contributed by atoms with Crippen LogP contribution < -0.4 is 9.47 Å². The zero-order valence-electron chi connectivity index (χ0n) is 23.4. The SMILES string of the molecule is C=C(CO)CCOc1cc(OCCC(=C)CO)cc(-c2ccc(C3CCC(CC/C=C/C)CC3)cc2C)c1. The van der Waals surface area contributed by atoms with Gasteiger partial charge in [-0.05, 0) is 110 Å². The molecule has 0 atom stereocenters. The molecule has 2 aromatic rings. The molecule has 1 aliphatic carbocycles. The van der Waals surface area contributed by atoms with Crippen LogP contribution in [0.25, 0.3) is 11.1 Å². The van der Waals surface area contributed by atoms with Crippen LogP contribution in [0.5, 0.6) is 11.5 Å². The second-order valence-electron chi connectivity index (χ2n) is 10.6. The van der Waals surface area contributed by atoms with Crippen LogP contribution in [-0.2, 0) is 0 Å². The van der Waals surface area contributed by atoms with Crippen molar-refractivity contribution in [3.8, 4) is 22.6 Å². The van der Waals surface area contributed by atoms with Crippen molar-refractivity contribution in [1.29, 1.82) is 0 Å². The number of hydrogen-bond acceptors (Lipinski definition) is 4. The molecular formula is C34H46O4. The quantitative estimate of drug-likeness (QED) is 0.235. The van der Waals surface area contributed by atoms with E-state index in [9.17, 15) is 10.2 Å². The number of benzene rings is 2. The molecule has 2 aromatic carbocycles. The molecule has 0 aromatic heterocycles. The van der Waals surface area contributed by atoms with Crippen molar-refractivity contribution < 1.29 is 19.7 Å². The van der Waals surface area contributed by atoms with Crippen LogP contribution >= 0.6 is 0 Å². The lowest BCUT2D eigenvalue weighted by atomic mass is 9.76. The predicted octanol–water partition coefficient (Wildman–Crippen LogP) is 7.93. The maximum atomic E-state index is 9.23. The zero-order chi connectivity index (χ0) is 27.3. The Morgan fingerprint density at radius 2 is 1.50 bits per heavy atom. The highest BCUT2D eigenvalue weighted by atomic mass is 16.5. The van der Waals surface area contributed by atoms with Gasteiger partial charge in [-0.2, -0.15) is 0 Å². The molecule has 2 N–H and O–H groups in total. The van der Waals surface area contributed by atoms with Crippen molar-refractivity contribution in [3.05, 3.63) is 84.0 Å². The summed E-state index contributed by atoms with van der Waals surface area (Å²) in [5.74, 6) is 2.97. The first-order valence-corrected chi connectivity index (χ1v) is 14.1. The van der Waals surface area contributed by atoms with E-state index in [0.717, 1.165) is 34.1 Å². The van der Waals surface area contributed by atoms with Gasteiger partial charge in [0.15, 0.2) is 0 Å². The van der Waals surface area contributed by atoms with Gasteiger partial charge in [-0.3, -0.25) is 0 Å².